The van der Waals surface area contributed by atoms with Crippen molar-refractivity contribution in [2.45, 2.75) is 44.6 Å². The van der Waals surface area contributed by atoms with E-state index in [1.165, 1.54) is 5.56 Å². The zero-order valence-electron chi connectivity index (χ0n) is 10.7. The lowest BCUT2D eigenvalue weighted by molar-refractivity contribution is 0.273. The van der Waals surface area contributed by atoms with E-state index in [-0.39, 0.29) is 11.0 Å². The van der Waals surface area contributed by atoms with Crippen LogP contribution in [0.3, 0.4) is 0 Å². The number of hydrogen-bond donors (Lipinski definition) is 1. The fourth-order valence-corrected chi connectivity index (χ4v) is 2.10. The zero-order valence-corrected chi connectivity index (χ0v) is 12.3. The van der Waals surface area contributed by atoms with Gasteiger partial charge in [-0.3, -0.25) is 0 Å². The minimum Gasteiger partial charge on any atom is -0.491 e. The highest BCUT2D eigenvalue weighted by atomic mass is 79.9. The van der Waals surface area contributed by atoms with E-state index >= 15 is 0 Å². The minimum absolute atomic E-state index is 0.0672. The monoisotopic (exact) mass is 297 g/mol. The molecule has 0 aliphatic heterocycles. The molecule has 1 aromatic carbocycles. The maximum absolute atomic E-state index is 6.05. The maximum atomic E-state index is 6.05. The van der Waals surface area contributed by atoms with E-state index in [0.29, 0.717) is 6.61 Å². The molecule has 0 radical (unpaired) electrons. The smallest absolute Gasteiger partial charge is 0.123 e. The van der Waals surface area contributed by atoms with Crippen LogP contribution in [0.1, 0.15) is 39.2 Å². The van der Waals surface area contributed by atoms with Crippen LogP contribution in [0.15, 0.2) is 22.7 Å². The van der Waals surface area contributed by atoms with Crippen LogP contribution >= 0.6 is 15.9 Å². The SMILES string of the molecule is CC(C)(C)c1cc(Br)ccc1OCC1(N)CC1. The van der Waals surface area contributed by atoms with Crippen molar-refractivity contribution in [1.82, 2.24) is 0 Å². The summed E-state index contributed by atoms with van der Waals surface area (Å²) in [5, 5.41) is 0. The lowest BCUT2D eigenvalue weighted by Crippen LogP contribution is -2.30. The number of benzene rings is 1. The molecule has 0 saturated heterocycles. The van der Waals surface area contributed by atoms with Crippen LogP contribution in [-0.4, -0.2) is 12.1 Å². The van der Waals surface area contributed by atoms with Crippen molar-refractivity contribution in [3.8, 4) is 5.75 Å². The van der Waals surface area contributed by atoms with Gasteiger partial charge in [0.2, 0.25) is 0 Å². The predicted molar refractivity (Wildman–Crippen MR) is 74.5 cm³/mol. The summed E-state index contributed by atoms with van der Waals surface area (Å²) in [6.45, 7) is 7.20. The molecule has 1 saturated carbocycles. The van der Waals surface area contributed by atoms with Crippen molar-refractivity contribution in [2.75, 3.05) is 6.61 Å². The Balaban J connectivity index is 2.20. The molecule has 1 aromatic rings. The van der Waals surface area contributed by atoms with Gasteiger partial charge in [-0.05, 0) is 36.5 Å². The summed E-state index contributed by atoms with van der Waals surface area (Å²) in [4.78, 5) is 0. The average Bonchev–Trinajstić information content (AvgIpc) is 2.94. The van der Waals surface area contributed by atoms with Gasteiger partial charge in [-0.25, -0.2) is 0 Å². The van der Waals surface area contributed by atoms with Gasteiger partial charge in [-0.15, -0.1) is 0 Å². The van der Waals surface area contributed by atoms with E-state index in [1.54, 1.807) is 0 Å². The summed E-state index contributed by atoms with van der Waals surface area (Å²) in [6, 6.07) is 6.17. The van der Waals surface area contributed by atoms with E-state index < -0.39 is 0 Å². The predicted octanol–water partition coefficient (Wildman–Crippen LogP) is 3.62. The Hall–Kier alpha value is -0.540. The second kappa shape index (κ2) is 4.29. The molecular formula is C14H20BrNO. The third kappa shape index (κ3) is 3.23. The second-order valence-electron chi connectivity index (χ2n) is 6.04. The molecular weight excluding hydrogens is 278 g/mol. The highest BCUT2D eigenvalue weighted by molar-refractivity contribution is 9.10. The van der Waals surface area contributed by atoms with Gasteiger partial charge in [0, 0.05) is 10.0 Å². The molecule has 0 spiro atoms. The molecule has 2 rings (SSSR count). The van der Waals surface area contributed by atoms with Gasteiger partial charge in [-0.1, -0.05) is 36.7 Å². The van der Waals surface area contributed by atoms with E-state index in [0.717, 1.165) is 23.1 Å². The number of ether oxygens (including phenoxy) is 1. The van der Waals surface area contributed by atoms with Gasteiger partial charge in [0.15, 0.2) is 0 Å². The van der Waals surface area contributed by atoms with E-state index in [9.17, 15) is 0 Å². The molecule has 2 N–H and O–H groups in total. The molecule has 1 aliphatic carbocycles. The van der Waals surface area contributed by atoms with E-state index in [1.807, 2.05) is 12.1 Å². The standard InChI is InChI=1S/C14H20BrNO/c1-13(2,3)11-8-10(15)4-5-12(11)17-9-14(16)6-7-14/h4-5,8H,6-7,9,16H2,1-3H3. The summed E-state index contributed by atoms with van der Waals surface area (Å²) in [6.07, 6.45) is 2.16. The third-order valence-corrected chi connectivity index (χ3v) is 3.65. The summed E-state index contributed by atoms with van der Waals surface area (Å²) in [5.41, 5.74) is 7.27. The van der Waals surface area contributed by atoms with Crippen molar-refractivity contribution in [2.24, 2.45) is 5.73 Å². The Kier molecular flexibility index (Phi) is 3.25. The van der Waals surface area contributed by atoms with Crippen molar-refractivity contribution in [3.05, 3.63) is 28.2 Å². The largest absolute Gasteiger partial charge is 0.491 e. The molecule has 0 unspecified atom stereocenters. The molecule has 3 heteroatoms. The molecule has 0 heterocycles. The first-order valence-electron chi connectivity index (χ1n) is 6.02. The first kappa shape index (κ1) is 12.9. The van der Waals surface area contributed by atoms with Gasteiger partial charge in [-0.2, -0.15) is 0 Å². The van der Waals surface area contributed by atoms with Gasteiger partial charge in [0.05, 0.1) is 5.54 Å². The first-order chi connectivity index (χ1) is 7.80. The maximum Gasteiger partial charge on any atom is 0.123 e. The van der Waals surface area contributed by atoms with Crippen molar-refractivity contribution < 1.29 is 4.74 Å². The van der Waals surface area contributed by atoms with Crippen molar-refractivity contribution >= 4 is 15.9 Å². The highest BCUT2D eigenvalue weighted by Crippen LogP contribution is 2.36. The van der Waals surface area contributed by atoms with Crippen LogP contribution in [0.25, 0.3) is 0 Å². The summed E-state index contributed by atoms with van der Waals surface area (Å²) >= 11 is 3.51. The molecule has 2 nitrogen and oxygen atoms in total. The topological polar surface area (TPSA) is 35.2 Å². The summed E-state index contributed by atoms with van der Waals surface area (Å²) < 4.78 is 6.99. The van der Waals surface area contributed by atoms with Crippen LogP contribution in [-0.2, 0) is 5.41 Å². The molecule has 17 heavy (non-hydrogen) atoms. The quantitative estimate of drug-likeness (QED) is 0.925. The Bertz CT molecular complexity index is 419. The van der Waals surface area contributed by atoms with Crippen molar-refractivity contribution in [1.29, 1.82) is 0 Å². The zero-order chi connectivity index (χ0) is 12.7. The van der Waals surface area contributed by atoms with Gasteiger partial charge >= 0.3 is 0 Å². The molecule has 0 aromatic heterocycles. The summed E-state index contributed by atoms with van der Waals surface area (Å²) in [5.74, 6) is 0.956. The fraction of sp³-hybridized carbons (Fsp3) is 0.571. The second-order valence-corrected chi connectivity index (χ2v) is 6.96. The average molecular weight is 298 g/mol. The first-order valence-corrected chi connectivity index (χ1v) is 6.81. The molecule has 1 fully saturated rings. The number of halogens is 1. The Morgan fingerprint density at radius 1 is 1.35 bits per heavy atom. The van der Waals surface area contributed by atoms with Crippen LogP contribution in [0.2, 0.25) is 0 Å². The lowest BCUT2D eigenvalue weighted by Gasteiger charge is -2.24. The summed E-state index contributed by atoms with van der Waals surface area (Å²) in [7, 11) is 0. The number of rotatable bonds is 3. The molecule has 0 bridgehead atoms. The van der Waals surface area contributed by atoms with E-state index in [2.05, 4.69) is 42.8 Å². The van der Waals surface area contributed by atoms with E-state index in [4.69, 9.17) is 10.5 Å². The molecule has 94 valence electrons. The Morgan fingerprint density at radius 2 is 2.00 bits per heavy atom. The van der Waals surface area contributed by atoms with Crippen LogP contribution in [0.5, 0.6) is 5.75 Å². The van der Waals surface area contributed by atoms with Crippen LogP contribution < -0.4 is 10.5 Å². The fourth-order valence-electron chi connectivity index (χ4n) is 1.74. The third-order valence-electron chi connectivity index (χ3n) is 3.16. The van der Waals surface area contributed by atoms with Gasteiger partial charge in [0.25, 0.3) is 0 Å². The van der Waals surface area contributed by atoms with Crippen molar-refractivity contribution in [3.63, 3.8) is 0 Å². The lowest BCUT2D eigenvalue weighted by atomic mass is 9.86. The molecule has 0 amide bonds. The van der Waals surface area contributed by atoms with Gasteiger partial charge in [0.1, 0.15) is 12.4 Å². The normalized spacial score (nSPS) is 17.9. The molecule has 1 aliphatic rings. The highest BCUT2D eigenvalue weighted by Gasteiger charge is 2.39. The molecule has 0 atom stereocenters. The Labute approximate surface area is 112 Å². The van der Waals surface area contributed by atoms with Crippen LogP contribution in [0, 0.1) is 0 Å². The van der Waals surface area contributed by atoms with Crippen LogP contribution in [0.4, 0.5) is 0 Å². The minimum atomic E-state index is -0.0672. The number of nitrogens with two attached hydrogens (primary N) is 1. The number of hydrogen-bond acceptors (Lipinski definition) is 2. The van der Waals surface area contributed by atoms with Gasteiger partial charge < -0.3 is 10.5 Å². The Morgan fingerprint density at radius 3 is 2.53 bits per heavy atom.